The van der Waals surface area contributed by atoms with E-state index in [0.717, 1.165) is 0 Å². The normalized spacial score (nSPS) is 23.4. The quantitative estimate of drug-likeness (QED) is 0.419. The van der Waals surface area contributed by atoms with Crippen molar-refractivity contribution in [3.05, 3.63) is 51.9 Å². The highest BCUT2D eigenvalue weighted by molar-refractivity contribution is 5.97. The molecule has 0 saturated carbocycles. The first kappa shape index (κ1) is 17.5. The monoisotopic (exact) mass is 374 g/mol. The third-order valence-corrected chi connectivity index (χ3v) is 3.78. The van der Waals surface area contributed by atoms with Gasteiger partial charge in [0.2, 0.25) is 0 Å². The second-order valence-electron chi connectivity index (χ2n) is 5.12. The number of rotatable bonds is 0. The summed E-state index contributed by atoms with van der Waals surface area (Å²) < 4.78 is 124. The van der Waals surface area contributed by atoms with Crippen LogP contribution >= 0.6 is 0 Å². The van der Waals surface area contributed by atoms with Gasteiger partial charge in [0.05, 0.1) is 10.9 Å². The first-order valence-electron chi connectivity index (χ1n) is 6.26. The van der Waals surface area contributed by atoms with Gasteiger partial charge in [-0.2, -0.15) is 0 Å². The van der Waals surface area contributed by atoms with Crippen molar-refractivity contribution in [1.29, 1.82) is 0 Å². The van der Waals surface area contributed by atoms with Gasteiger partial charge < -0.3 is 10.2 Å². The van der Waals surface area contributed by atoms with Crippen LogP contribution in [-0.4, -0.2) is 16.3 Å². The van der Waals surface area contributed by atoms with Gasteiger partial charge in [-0.1, -0.05) is 0 Å². The largest absolute Gasteiger partial charge is 0.380 e. The Labute approximate surface area is 131 Å². The van der Waals surface area contributed by atoms with E-state index in [9.17, 15) is 44.6 Å². The number of aliphatic hydroxyl groups is 2. The minimum Gasteiger partial charge on any atom is -0.380 e. The molecule has 0 aliphatic heterocycles. The summed E-state index contributed by atoms with van der Waals surface area (Å²) in [5.41, 5.74) is -4.06. The number of aliphatic hydroxyl groups excluding tert-OH is 1. The molecular formula is C14H3F9O2. The third kappa shape index (κ3) is 1.96. The van der Waals surface area contributed by atoms with E-state index in [-0.39, 0.29) is 0 Å². The maximum atomic E-state index is 14.1. The zero-order valence-corrected chi connectivity index (χ0v) is 11.4. The molecule has 2 unspecified atom stereocenters. The summed E-state index contributed by atoms with van der Waals surface area (Å²) in [4.78, 5) is 0. The standard InChI is InChI=1S/C14H3F9O2/c15-5-1-2-4(14(23,25)13(24)12(22)6(2)16)9(19)7(17)3(1)8(18)11(21)10(5)20/h13,24-25H. The van der Waals surface area contributed by atoms with Crippen LogP contribution in [0.1, 0.15) is 11.1 Å². The van der Waals surface area contributed by atoms with E-state index >= 15 is 0 Å². The molecule has 2 N–H and O–H groups in total. The summed E-state index contributed by atoms with van der Waals surface area (Å²) in [5.74, 6) is -24.6. The van der Waals surface area contributed by atoms with Crippen LogP contribution in [0.25, 0.3) is 16.6 Å². The predicted octanol–water partition coefficient (Wildman–Crippen LogP) is 3.77. The summed E-state index contributed by atoms with van der Waals surface area (Å²) in [6.45, 7) is 0. The summed E-state index contributed by atoms with van der Waals surface area (Å²) in [6.07, 6.45) is -3.37. The molecule has 11 heteroatoms. The highest BCUT2D eigenvalue weighted by Crippen LogP contribution is 2.49. The molecule has 25 heavy (non-hydrogen) atoms. The summed E-state index contributed by atoms with van der Waals surface area (Å²) in [5, 5.41) is 14.7. The molecule has 0 bridgehead atoms. The molecule has 0 saturated heterocycles. The zero-order valence-electron chi connectivity index (χ0n) is 11.4. The van der Waals surface area contributed by atoms with E-state index in [0.29, 0.717) is 0 Å². The molecule has 1 aliphatic carbocycles. The molecule has 0 radical (unpaired) electrons. The molecule has 2 aromatic carbocycles. The molecule has 1 aliphatic rings. The minimum atomic E-state index is -4.51. The fourth-order valence-corrected chi connectivity index (χ4v) is 2.62. The molecular weight excluding hydrogens is 371 g/mol. The fourth-order valence-electron chi connectivity index (χ4n) is 2.62. The van der Waals surface area contributed by atoms with Crippen molar-refractivity contribution in [1.82, 2.24) is 0 Å². The average Bonchev–Trinajstić information content (AvgIpc) is 2.56. The van der Waals surface area contributed by atoms with Gasteiger partial charge >= 0.3 is 0 Å². The summed E-state index contributed by atoms with van der Waals surface area (Å²) in [6, 6.07) is 0. The Balaban J connectivity index is 2.73. The molecule has 134 valence electrons. The van der Waals surface area contributed by atoms with E-state index in [1.807, 2.05) is 0 Å². The molecule has 0 heterocycles. The van der Waals surface area contributed by atoms with E-state index in [4.69, 9.17) is 5.11 Å². The maximum Gasteiger partial charge on any atom is 0.269 e. The van der Waals surface area contributed by atoms with Crippen molar-refractivity contribution >= 4 is 16.6 Å². The molecule has 0 spiro atoms. The Morgan fingerprint density at radius 3 is 1.64 bits per heavy atom. The molecule has 3 rings (SSSR count). The Bertz CT molecular complexity index is 981. The van der Waals surface area contributed by atoms with Crippen LogP contribution < -0.4 is 0 Å². The van der Waals surface area contributed by atoms with Crippen molar-refractivity contribution in [2.75, 3.05) is 0 Å². The van der Waals surface area contributed by atoms with Crippen molar-refractivity contribution < 1.29 is 49.7 Å². The molecule has 2 aromatic rings. The van der Waals surface area contributed by atoms with Gasteiger partial charge in [-0.15, -0.1) is 0 Å². The topological polar surface area (TPSA) is 40.5 Å². The van der Waals surface area contributed by atoms with Gasteiger partial charge in [0.25, 0.3) is 5.85 Å². The lowest BCUT2D eigenvalue weighted by atomic mass is 9.84. The molecule has 0 aromatic heterocycles. The lowest BCUT2D eigenvalue weighted by Crippen LogP contribution is -2.40. The van der Waals surface area contributed by atoms with E-state index in [1.165, 1.54) is 0 Å². The first-order chi connectivity index (χ1) is 11.4. The number of hydrogen-bond acceptors (Lipinski definition) is 2. The van der Waals surface area contributed by atoms with E-state index in [2.05, 4.69) is 0 Å². The second kappa shape index (κ2) is 5.11. The van der Waals surface area contributed by atoms with Crippen LogP contribution in [0, 0.1) is 34.9 Å². The van der Waals surface area contributed by atoms with Crippen molar-refractivity contribution in [3.63, 3.8) is 0 Å². The highest BCUT2D eigenvalue weighted by atomic mass is 19.2. The average molecular weight is 374 g/mol. The number of fused-ring (bicyclic) bond motifs is 3. The van der Waals surface area contributed by atoms with Crippen molar-refractivity contribution in [2.45, 2.75) is 12.0 Å². The Hall–Kier alpha value is -2.27. The highest BCUT2D eigenvalue weighted by Gasteiger charge is 2.52. The lowest BCUT2D eigenvalue weighted by Gasteiger charge is -2.31. The van der Waals surface area contributed by atoms with Gasteiger partial charge in [-0.25, -0.2) is 39.5 Å². The Morgan fingerprint density at radius 1 is 0.680 bits per heavy atom. The number of hydrogen-bond donors (Lipinski definition) is 2. The summed E-state index contributed by atoms with van der Waals surface area (Å²) in [7, 11) is 0. The summed E-state index contributed by atoms with van der Waals surface area (Å²) >= 11 is 0. The van der Waals surface area contributed by atoms with Crippen LogP contribution in [0.4, 0.5) is 39.5 Å². The zero-order chi connectivity index (χ0) is 19.0. The van der Waals surface area contributed by atoms with E-state index < -0.39 is 80.4 Å². The third-order valence-electron chi connectivity index (χ3n) is 3.78. The molecule has 0 fully saturated rings. The fraction of sp³-hybridized carbons (Fsp3) is 0.143. The number of halogens is 9. The van der Waals surface area contributed by atoms with Gasteiger partial charge in [0, 0.05) is 10.9 Å². The smallest absolute Gasteiger partial charge is 0.269 e. The van der Waals surface area contributed by atoms with Gasteiger partial charge in [0.1, 0.15) is 0 Å². The SMILES string of the molecule is OC1C(F)=C(F)c2c(c(F)c(F)c3c(F)c(F)c(F)c(F)c23)C1(O)F. The second-order valence-corrected chi connectivity index (χ2v) is 5.12. The minimum absolute atomic E-state index is 1.89. The van der Waals surface area contributed by atoms with Crippen LogP contribution in [0.5, 0.6) is 0 Å². The number of benzene rings is 2. The number of alkyl halides is 1. The molecule has 0 amide bonds. The lowest BCUT2D eigenvalue weighted by molar-refractivity contribution is -0.173. The van der Waals surface area contributed by atoms with E-state index in [1.54, 1.807) is 0 Å². The molecule has 2 nitrogen and oxygen atoms in total. The van der Waals surface area contributed by atoms with Crippen LogP contribution in [0.2, 0.25) is 0 Å². The van der Waals surface area contributed by atoms with Gasteiger partial charge in [-0.05, 0) is 0 Å². The van der Waals surface area contributed by atoms with Crippen molar-refractivity contribution in [2.24, 2.45) is 0 Å². The predicted molar refractivity (Wildman–Crippen MR) is 63.8 cm³/mol. The Morgan fingerprint density at radius 2 is 1.12 bits per heavy atom. The van der Waals surface area contributed by atoms with Crippen LogP contribution in [0.15, 0.2) is 5.83 Å². The van der Waals surface area contributed by atoms with Gasteiger partial charge in [0.15, 0.2) is 52.7 Å². The first-order valence-corrected chi connectivity index (χ1v) is 6.26. The molecule has 2 atom stereocenters. The van der Waals surface area contributed by atoms with Crippen molar-refractivity contribution in [3.8, 4) is 0 Å². The van der Waals surface area contributed by atoms with Gasteiger partial charge in [-0.3, -0.25) is 0 Å². The Kier molecular flexibility index (Phi) is 3.59. The van der Waals surface area contributed by atoms with Crippen LogP contribution in [-0.2, 0) is 5.85 Å². The van der Waals surface area contributed by atoms with Crippen LogP contribution in [0.3, 0.4) is 0 Å². The maximum absolute atomic E-state index is 14.1.